The van der Waals surface area contributed by atoms with Gasteiger partial charge >= 0.3 is 0 Å². The number of aromatic nitrogens is 1. The number of anilines is 2. The van der Waals surface area contributed by atoms with Crippen molar-refractivity contribution in [3.63, 3.8) is 0 Å². The summed E-state index contributed by atoms with van der Waals surface area (Å²) in [5.74, 6) is 0.435. The Morgan fingerprint density at radius 2 is 1.85 bits per heavy atom. The van der Waals surface area contributed by atoms with E-state index in [1.807, 2.05) is 41.3 Å². The van der Waals surface area contributed by atoms with Crippen LogP contribution >= 0.6 is 23.2 Å². The number of carbonyl (C=O) groups excluding carboxylic acids is 1. The molecule has 2 aliphatic rings. The first kappa shape index (κ1) is 32.2. The summed E-state index contributed by atoms with van der Waals surface area (Å²) in [6, 6.07) is 18.5. The highest BCUT2D eigenvalue weighted by Gasteiger charge is 2.23. The van der Waals surface area contributed by atoms with Gasteiger partial charge in [-0.3, -0.25) is 14.7 Å². The van der Waals surface area contributed by atoms with Crippen LogP contribution in [0.2, 0.25) is 10.0 Å². The van der Waals surface area contributed by atoms with Crippen LogP contribution in [0.3, 0.4) is 0 Å². The predicted molar refractivity (Wildman–Crippen MR) is 180 cm³/mol. The van der Waals surface area contributed by atoms with Gasteiger partial charge in [-0.05, 0) is 37.1 Å². The van der Waals surface area contributed by atoms with Gasteiger partial charge < -0.3 is 25.8 Å². The normalized spacial score (nSPS) is 18.2. The summed E-state index contributed by atoms with van der Waals surface area (Å²) >= 11 is 13.9. The second-order valence-corrected chi connectivity index (χ2v) is 12.5. The van der Waals surface area contributed by atoms with E-state index in [4.69, 9.17) is 27.9 Å². The van der Waals surface area contributed by atoms with Crippen LogP contribution in [0.25, 0.3) is 22.4 Å². The van der Waals surface area contributed by atoms with Crippen molar-refractivity contribution in [2.24, 2.45) is 0 Å². The van der Waals surface area contributed by atoms with E-state index in [0.29, 0.717) is 88.6 Å². The Kier molecular flexibility index (Phi) is 10.1. The lowest BCUT2D eigenvalue weighted by Crippen LogP contribution is -2.35. The van der Waals surface area contributed by atoms with E-state index in [9.17, 15) is 9.90 Å². The minimum absolute atomic E-state index is 0.0967. The van der Waals surface area contributed by atoms with Crippen LogP contribution in [0.1, 0.15) is 30.4 Å². The number of hydrogen-bond acceptors (Lipinski definition) is 7. The van der Waals surface area contributed by atoms with E-state index in [1.165, 1.54) is 0 Å². The summed E-state index contributed by atoms with van der Waals surface area (Å²) in [4.78, 5) is 18.1. The number of carbonyl (C=O) groups is 1. The molecule has 4 aromatic rings. The van der Waals surface area contributed by atoms with E-state index in [0.717, 1.165) is 24.1 Å². The van der Waals surface area contributed by atoms with Gasteiger partial charge in [0.1, 0.15) is 5.75 Å². The lowest BCUT2D eigenvalue weighted by Gasteiger charge is -2.18. The van der Waals surface area contributed by atoms with Crippen LogP contribution < -0.4 is 20.7 Å². The van der Waals surface area contributed by atoms with Gasteiger partial charge in [0, 0.05) is 79.2 Å². The first-order valence-electron chi connectivity index (χ1n) is 15.4. The molecule has 0 saturated carbocycles. The highest BCUT2D eigenvalue weighted by Crippen LogP contribution is 2.42. The van der Waals surface area contributed by atoms with Crippen LogP contribution in [-0.2, 0) is 17.9 Å². The molecule has 8 nitrogen and oxygen atoms in total. The van der Waals surface area contributed by atoms with Crippen LogP contribution in [0.5, 0.6) is 5.75 Å². The zero-order valence-corrected chi connectivity index (χ0v) is 27.0. The fraction of sp³-hybridized carbons (Fsp3) is 0.314. The number of rotatable bonds is 11. The maximum Gasteiger partial charge on any atom is 0.220 e. The molecule has 11 heteroatoms. The molecule has 4 N–H and O–H groups in total. The summed E-state index contributed by atoms with van der Waals surface area (Å²) in [6.07, 6.45) is 3.42. The van der Waals surface area contributed by atoms with Crippen molar-refractivity contribution in [1.82, 2.24) is 20.5 Å². The Bertz CT molecular complexity index is 1740. The highest BCUT2D eigenvalue weighted by molar-refractivity contribution is 6.39. The van der Waals surface area contributed by atoms with Gasteiger partial charge in [0.05, 0.1) is 40.3 Å². The minimum atomic E-state index is -0.367. The lowest BCUT2D eigenvalue weighted by atomic mass is 10.0. The molecule has 1 amide bonds. The number of ether oxygens (including phenoxy) is 1. The zero-order chi connectivity index (χ0) is 32.2. The van der Waals surface area contributed by atoms with E-state index in [1.54, 1.807) is 37.6 Å². The molecular formula is C35H36Cl2FN5O3. The number of benzene rings is 3. The second kappa shape index (κ2) is 14.4. The van der Waals surface area contributed by atoms with Gasteiger partial charge in [-0.2, -0.15) is 0 Å². The third-order valence-electron chi connectivity index (χ3n) is 8.52. The smallest absolute Gasteiger partial charge is 0.220 e. The van der Waals surface area contributed by atoms with Crippen molar-refractivity contribution in [1.29, 1.82) is 0 Å². The maximum absolute atomic E-state index is 15.6. The van der Waals surface area contributed by atoms with Gasteiger partial charge in [0.15, 0.2) is 5.82 Å². The molecule has 0 unspecified atom stereocenters. The van der Waals surface area contributed by atoms with Crippen molar-refractivity contribution in [2.45, 2.75) is 44.5 Å². The molecule has 1 aromatic heterocycles. The molecule has 2 aliphatic heterocycles. The molecule has 0 bridgehead atoms. The van der Waals surface area contributed by atoms with Crippen molar-refractivity contribution >= 4 is 40.5 Å². The van der Waals surface area contributed by atoms with Crippen LogP contribution in [0.4, 0.5) is 15.8 Å². The minimum Gasteiger partial charge on any atom is -0.496 e. The highest BCUT2D eigenvalue weighted by atomic mass is 35.5. The molecule has 0 aliphatic carbocycles. The number of amides is 1. The van der Waals surface area contributed by atoms with Crippen molar-refractivity contribution < 1.29 is 19.0 Å². The third-order valence-corrected chi connectivity index (χ3v) is 9.31. The Hall–Kier alpha value is -3.73. The van der Waals surface area contributed by atoms with Crippen LogP contribution in [-0.4, -0.2) is 59.8 Å². The van der Waals surface area contributed by atoms with E-state index in [2.05, 4.69) is 20.9 Å². The molecular weight excluding hydrogens is 628 g/mol. The van der Waals surface area contributed by atoms with E-state index < -0.39 is 0 Å². The summed E-state index contributed by atoms with van der Waals surface area (Å²) in [5.41, 5.74) is 5.09. The number of halogens is 3. The van der Waals surface area contributed by atoms with Gasteiger partial charge in [-0.15, -0.1) is 0 Å². The average molecular weight is 665 g/mol. The summed E-state index contributed by atoms with van der Waals surface area (Å²) in [5, 5.41) is 20.2. The molecule has 240 valence electrons. The monoisotopic (exact) mass is 663 g/mol. The number of β-amino-alcohol motifs (C(OH)–C–C–N with tert-alkyl or cyclic N) is 1. The average Bonchev–Trinajstić information content (AvgIpc) is 3.67. The zero-order valence-electron chi connectivity index (χ0n) is 25.5. The molecule has 3 heterocycles. The molecule has 2 saturated heterocycles. The Balaban J connectivity index is 1.21. The molecule has 6 rings (SSSR count). The number of nitrogens with zero attached hydrogens (tertiary/aromatic N) is 2. The number of pyridine rings is 1. The summed E-state index contributed by atoms with van der Waals surface area (Å²) in [7, 11) is 1.62. The van der Waals surface area contributed by atoms with Crippen molar-refractivity contribution in [2.75, 3.05) is 32.1 Å². The predicted octanol–water partition coefficient (Wildman–Crippen LogP) is 6.55. The van der Waals surface area contributed by atoms with E-state index in [-0.39, 0.29) is 23.9 Å². The number of nitrogens with one attached hydrogen (secondary N) is 3. The van der Waals surface area contributed by atoms with E-state index >= 15 is 4.39 Å². The number of aliphatic hydroxyl groups excluding tert-OH is 1. The fourth-order valence-corrected chi connectivity index (χ4v) is 6.68. The van der Waals surface area contributed by atoms with Crippen LogP contribution in [0, 0.1) is 5.82 Å². The van der Waals surface area contributed by atoms with Gasteiger partial charge in [-0.25, -0.2) is 4.39 Å². The Morgan fingerprint density at radius 1 is 1.04 bits per heavy atom. The number of methoxy groups -OCH3 is 1. The first-order valence-corrected chi connectivity index (χ1v) is 16.1. The molecule has 0 spiro atoms. The molecule has 2 fully saturated rings. The molecule has 2 atom stereocenters. The number of aliphatic hydroxyl groups is 1. The molecule has 0 radical (unpaired) electrons. The second-order valence-electron chi connectivity index (χ2n) is 11.7. The van der Waals surface area contributed by atoms with Gasteiger partial charge in [0.25, 0.3) is 0 Å². The molecule has 3 aromatic carbocycles. The van der Waals surface area contributed by atoms with Gasteiger partial charge in [0.2, 0.25) is 5.91 Å². The topological polar surface area (TPSA) is 98.8 Å². The van der Waals surface area contributed by atoms with Crippen molar-refractivity contribution in [3.05, 3.63) is 93.8 Å². The van der Waals surface area contributed by atoms with Crippen LogP contribution in [0.15, 0.2) is 66.9 Å². The molecule has 46 heavy (non-hydrogen) atoms. The van der Waals surface area contributed by atoms with Crippen molar-refractivity contribution in [3.8, 4) is 28.1 Å². The largest absolute Gasteiger partial charge is 0.496 e. The Labute approximate surface area is 277 Å². The first-order chi connectivity index (χ1) is 22.3. The van der Waals surface area contributed by atoms with Gasteiger partial charge in [-0.1, -0.05) is 59.6 Å². The quantitative estimate of drug-likeness (QED) is 0.144. The third kappa shape index (κ3) is 7.14. The standard InChI is InChI=1S/C35H36Cl2FN5O3/c1-46-30-16-21(8-9-22(30)17-39-18-24-10-11-31(45)41-24)35-33(37)27(12-14-40-35)26-5-3-6-28(32(26)36)42-29-7-2-4-23(34(29)38)19-43-15-13-25(44)20-43/h2-9,12,14,16,24-25,39,42,44H,10-11,13,15,17-20H2,1H3,(H,41,45)/t24-,25+/m0/s1. The number of likely N-dealkylation sites (tertiary alicyclic amines) is 1. The lowest BCUT2D eigenvalue weighted by molar-refractivity contribution is -0.119. The summed E-state index contributed by atoms with van der Waals surface area (Å²) in [6.45, 7) is 2.96. The summed E-state index contributed by atoms with van der Waals surface area (Å²) < 4.78 is 21.3. The Morgan fingerprint density at radius 3 is 2.61 bits per heavy atom. The number of hydrogen-bond donors (Lipinski definition) is 4. The fourth-order valence-electron chi connectivity index (χ4n) is 6.08. The SMILES string of the molecule is COc1cc(-c2nccc(-c3cccc(Nc4cccc(CN5CC[C@@H](O)C5)c4F)c3Cl)c2Cl)ccc1CNC[C@@H]1CCC(=O)N1. The maximum atomic E-state index is 15.6.